The number of nitrogens with zero attached hydrogens (tertiary/aromatic N) is 4. The normalized spacial score (nSPS) is 14.0. The van der Waals surface area contributed by atoms with Crippen molar-refractivity contribution in [1.82, 2.24) is 20.1 Å². The number of unbranched alkanes of at least 4 members (excludes halogenated alkanes) is 1. The summed E-state index contributed by atoms with van der Waals surface area (Å²) in [6, 6.07) is 12.0. The van der Waals surface area contributed by atoms with Crippen LogP contribution in [0.4, 0.5) is 0 Å². The van der Waals surface area contributed by atoms with Crippen LogP contribution in [0.5, 0.6) is 0 Å². The van der Waals surface area contributed by atoms with Crippen LogP contribution in [-0.4, -0.2) is 39.2 Å². The number of Topliss-reactive ketones (excluding diaryl/α,β-unsaturated/α-hetero) is 1. The third kappa shape index (κ3) is 8.28. The molecule has 0 bridgehead atoms. The number of nitrogens with one attached hydrogen (secondary N) is 1. The summed E-state index contributed by atoms with van der Waals surface area (Å²) in [5.74, 6) is 1.40. The molecule has 2 aliphatic rings. The number of hydrogen-bond donors (Lipinski definition) is 1. The Morgan fingerprint density at radius 3 is 2.45 bits per heavy atom. The minimum Gasteiger partial charge on any atom is -0.327 e. The van der Waals surface area contributed by atoms with Crippen molar-refractivity contribution < 1.29 is 9.59 Å². The maximum Gasteiger partial charge on any atom is 0.217 e. The smallest absolute Gasteiger partial charge is 0.217 e. The number of amides is 1. The summed E-state index contributed by atoms with van der Waals surface area (Å²) in [5, 5.41) is 6.81. The molecule has 2 aromatic rings. The zero-order valence-corrected chi connectivity index (χ0v) is 18.6. The Labute approximate surface area is 184 Å². The minimum absolute atomic E-state index is 0.0388. The lowest BCUT2D eigenvalue weighted by Crippen LogP contribution is -2.21. The number of ketones is 1. The van der Waals surface area contributed by atoms with Crippen LogP contribution < -0.4 is 5.32 Å². The third-order valence-electron chi connectivity index (χ3n) is 4.83. The van der Waals surface area contributed by atoms with Gasteiger partial charge in [-0.2, -0.15) is 0 Å². The largest absolute Gasteiger partial charge is 0.327 e. The van der Waals surface area contributed by atoms with Crippen LogP contribution in [0.3, 0.4) is 0 Å². The lowest BCUT2D eigenvalue weighted by Gasteiger charge is -2.13. The van der Waals surface area contributed by atoms with Crippen molar-refractivity contribution in [3.8, 4) is 0 Å². The number of hydrogen-bond acceptors (Lipinski definition) is 5. The average molecular weight is 424 g/mol. The van der Waals surface area contributed by atoms with Crippen LogP contribution in [0.2, 0.25) is 0 Å². The lowest BCUT2D eigenvalue weighted by molar-refractivity contribution is -0.108. The van der Waals surface area contributed by atoms with Gasteiger partial charge in [-0.15, -0.1) is 5.10 Å². The molecule has 0 unspecified atom stereocenters. The second-order valence-electron chi connectivity index (χ2n) is 7.21. The van der Waals surface area contributed by atoms with Gasteiger partial charge in [0.1, 0.15) is 5.82 Å². The van der Waals surface area contributed by atoms with Crippen LogP contribution in [0.15, 0.2) is 53.2 Å². The van der Waals surface area contributed by atoms with Crippen molar-refractivity contribution >= 4 is 17.9 Å². The maximum absolute atomic E-state index is 11.2. The summed E-state index contributed by atoms with van der Waals surface area (Å²) in [6.07, 6.45) is 9.54. The Bertz CT molecular complexity index is 823. The minimum atomic E-state index is 0.0388. The van der Waals surface area contributed by atoms with E-state index in [-0.39, 0.29) is 5.78 Å². The predicted molar refractivity (Wildman–Crippen MR) is 123 cm³/mol. The maximum atomic E-state index is 11.2. The van der Waals surface area contributed by atoms with Gasteiger partial charge in [-0.3, -0.25) is 14.6 Å². The summed E-state index contributed by atoms with van der Waals surface area (Å²) in [5.41, 5.74) is 1.97. The van der Waals surface area contributed by atoms with Gasteiger partial charge in [0, 0.05) is 25.9 Å². The molecule has 1 aromatic carbocycles. The van der Waals surface area contributed by atoms with Crippen molar-refractivity contribution in [3.05, 3.63) is 59.8 Å². The first-order valence-corrected chi connectivity index (χ1v) is 11.1. The van der Waals surface area contributed by atoms with Crippen LogP contribution in [0.25, 0.3) is 0 Å². The molecule has 7 nitrogen and oxygen atoms in total. The number of aromatic nitrogens is 3. The molecule has 3 heterocycles. The van der Waals surface area contributed by atoms with Gasteiger partial charge >= 0.3 is 0 Å². The molecule has 0 atom stereocenters. The van der Waals surface area contributed by atoms with Gasteiger partial charge in [-0.1, -0.05) is 62.7 Å². The quantitative estimate of drug-likeness (QED) is 0.535. The van der Waals surface area contributed by atoms with Crippen LogP contribution in [0, 0.1) is 0 Å². The van der Waals surface area contributed by atoms with Crippen molar-refractivity contribution in [1.29, 1.82) is 0 Å². The first-order chi connectivity index (χ1) is 15.2. The highest BCUT2D eigenvalue weighted by atomic mass is 16.1. The molecule has 1 amide bonds. The van der Waals surface area contributed by atoms with Crippen LogP contribution in [0.1, 0.15) is 68.8 Å². The summed E-state index contributed by atoms with van der Waals surface area (Å²) < 4.78 is 1.84. The molecule has 0 aliphatic carbocycles. The number of benzene rings is 1. The summed E-state index contributed by atoms with van der Waals surface area (Å²) in [6.45, 7) is 5.76. The highest BCUT2D eigenvalue weighted by Gasteiger charge is 2.18. The highest BCUT2D eigenvalue weighted by molar-refractivity contribution is 6.01. The summed E-state index contributed by atoms with van der Waals surface area (Å²) in [4.78, 5) is 30.0. The molecule has 31 heavy (non-hydrogen) atoms. The third-order valence-corrected chi connectivity index (χ3v) is 4.83. The van der Waals surface area contributed by atoms with Gasteiger partial charge in [0.15, 0.2) is 0 Å². The molecule has 1 N–H and O–H groups in total. The molecular formula is C24H33N5O2. The first-order valence-electron chi connectivity index (χ1n) is 11.1. The number of rotatable bonds is 7. The fourth-order valence-electron chi connectivity index (χ4n) is 3.16. The van der Waals surface area contributed by atoms with Gasteiger partial charge in [-0.05, 0) is 25.7 Å². The van der Waals surface area contributed by atoms with E-state index in [4.69, 9.17) is 0 Å². The first kappa shape index (κ1) is 24.2. The van der Waals surface area contributed by atoms with E-state index in [1.807, 2.05) is 54.1 Å². The molecule has 4 rings (SSSR count). The van der Waals surface area contributed by atoms with Gasteiger partial charge in [0.05, 0.1) is 11.4 Å². The molecule has 0 saturated carbocycles. The molecule has 0 saturated heterocycles. The fraction of sp³-hybridized carbons (Fsp3) is 0.458. The van der Waals surface area contributed by atoms with Gasteiger partial charge in [0.25, 0.3) is 0 Å². The fourth-order valence-corrected chi connectivity index (χ4v) is 3.16. The molecule has 2 aliphatic heterocycles. The Morgan fingerprint density at radius 1 is 1.16 bits per heavy atom. The Morgan fingerprint density at radius 2 is 1.87 bits per heavy atom. The van der Waals surface area contributed by atoms with E-state index in [2.05, 4.69) is 27.3 Å². The Hall–Kier alpha value is -3.09. The Kier molecular flexibility index (Phi) is 10.9. The van der Waals surface area contributed by atoms with E-state index >= 15 is 0 Å². The monoisotopic (exact) mass is 423 g/mol. The van der Waals surface area contributed by atoms with Gasteiger partial charge in [0.2, 0.25) is 18.0 Å². The molecule has 0 radical (unpaired) electrons. The predicted octanol–water partition coefficient (Wildman–Crippen LogP) is 4.15. The van der Waals surface area contributed by atoms with E-state index in [0.717, 1.165) is 75.3 Å². The van der Waals surface area contributed by atoms with Crippen LogP contribution in [-0.2, 0) is 17.8 Å². The van der Waals surface area contributed by atoms with E-state index in [1.54, 1.807) is 0 Å². The Balaban J connectivity index is 0.000000176. The second-order valence-corrected chi connectivity index (χ2v) is 7.21. The number of aliphatic imine (C=N–C) groups is 1. The highest BCUT2D eigenvalue weighted by Crippen LogP contribution is 2.12. The summed E-state index contributed by atoms with van der Waals surface area (Å²) >= 11 is 0. The van der Waals surface area contributed by atoms with E-state index < -0.39 is 0 Å². The number of carbonyl (C=O) groups is 2. The standard InChI is InChI=1S/C10H16N2O.C8H11N3O.C6H6/c1-2-3-5-9-10(12-8-13)6-4-7-11-9;1-2-6(12)8-9-7-4-3-5-11(7)10-8;1-2-4-6-5-3-1/h6,8H,2-5,7H2,1H3,(H,12,13);2-5H2,1H3;1-6H. The summed E-state index contributed by atoms with van der Waals surface area (Å²) in [7, 11) is 0. The zero-order valence-electron chi connectivity index (χ0n) is 18.6. The van der Waals surface area contributed by atoms with Crippen molar-refractivity contribution in [2.24, 2.45) is 4.99 Å². The van der Waals surface area contributed by atoms with Gasteiger partial charge < -0.3 is 5.32 Å². The van der Waals surface area contributed by atoms with Crippen molar-refractivity contribution in [3.63, 3.8) is 0 Å². The number of fused-ring (bicyclic) bond motifs is 1. The zero-order chi connectivity index (χ0) is 22.3. The number of allylic oxidation sites excluding steroid dienone is 1. The number of aryl methyl sites for hydroxylation is 2. The molecule has 7 heteroatoms. The van der Waals surface area contributed by atoms with Crippen LogP contribution >= 0.6 is 0 Å². The van der Waals surface area contributed by atoms with E-state index in [1.165, 1.54) is 0 Å². The average Bonchev–Trinajstić information content (AvgIpc) is 3.43. The van der Waals surface area contributed by atoms with Gasteiger partial charge in [-0.25, -0.2) is 9.67 Å². The molecule has 0 spiro atoms. The van der Waals surface area contributed by atoms with Crippen molar-refractivity contribution in [2.75, 3.05) is 6.54 Å². The molecule has 166 valence electrons. The second kappa shape index (κ2) is 14.0. The van der Waals surface area contributed by atoms with E-state index in [9.17, 15) is 9.59 Å². The van der Waals surface area contributed by atoms with Crippen molar-refractivity contribution in [2.45, 2.75) is 65.3 Å². The van der Waals surface area contributed by atoms with E-state index in [0.29, 0.717) is 12.2 Å². The topological polar surface area (TPSA) is 89.2 Å². The molecular weight excluding hydrogens is 390 g/mol. The molecule has 0 fully saturated rings. The number of carbonyl (C=O) groups excluding carboxylic acids is 2. The SMILES string of the molecule is CCC(=O)c1nc2n(n1)CCC2.CCCCC1=NCCC=C1NC=O.c1ccccc1. The number of dihydropyridines is 1. The molecule has 1 aromatic heterocycles. The lowest BCUT2D eigenvalue weighted by atomic mass is 10.1.